The second-order valence-corrected chi connectivity index (χ2v) is 4.11. The Labute approximate surface area is 86.8 Å². The fraction of sp³-hybridized carbons (Fsp3) is 0.583. The smallest absolute Gasteiger partial charge is 0.0986 e. The standard InChI is InChI=1S/C12H20N2/c1-6-8-11-10(7-2)12(4,5)14-9(3)13-11/h7-8H,6H2,1-5H3,(H,13,14)/b10-7+,11-8+. The van der Waals surface area contributed by atoms with Crippen molar-refractivity contribution >= 4 is 5.84 Å². The van der Waals surface area contributed by atoms with Crippen LogP contribution in [0.5, 0.6) is 0 Å². The van der Waals surface area contributed by atoms with Gasteiger partial charge in [-0.25, -0.2) is 0 Å². The van der Waals surface area contributed by atoms with Crippen LogP contribution in [0.15, 0.2) is 28.4 Å². The van der Waals surface area contributed by atoms with Crippen molar-refractivity contribution in [1.82, 2.24) is 5.32 Å². The lowest BCUT2D eigenvalue weighted by Crippen LogP contribution is -2.37. The van der Waals surface area contributed by atoms with Gasteiger partial charge in [-0.3, -0.25) is 4.99 Å². The second-order valence-electron chi connectivity index (χ2n) is 4.11. The van der Waals surface area contributed by atoms with E-state index in [-0.39, 0.29) is 5.54 Å². The van der Waals surface area contributed by atoms with E-state index in [0.29, 0.717) is 0 Å². The molecule has 14 heavy (non-hydrogen) atoms. The Morgan fingerprint density at radius 1 is 1.43 bits per heavy atom. The predicted octanol–water partition coefficient (Wildman–Crippen LogP) is 3.03. The molecule has 1 aliphatic rings. The van der Waals surface area contributed by atoms with Crippen molar-refractivity contribution in [2.45, 2.75) is 46.6 Å². The SMILES string of the molecule is C/C=C1\C(=C/CC)NC(C)=NC1(C)C. The number of allylic oxidation sites excluding steroid dienone is 2. The van der Waals surface area contributed by atoms with Gasteiger partial charge in [-0.05, 0) is 39.7 Å². The number of nitrogens with zero attached hydrogens (tertiary/aromatic N) is 1. The van der Waals surface area contributed by atoms with Gasteiger partial charge in [-0.2, -0.15) is 0 Å². The molecular weight excluding hydrogens is 172 g/mol. The lowest BCUT2D eigenvalue weighted by atomic mass is 9.89. The summed E-state index contributed by atoms with van der Waals surface area (Å²) in [5.41, 5.74) is 2.41. The van der Waals surface area contributed by atoms with Crippen molar-refractivity contribution < 1.29 is 0 Å². The van der Waals surface area contributed by atoms with E-state index in [1.807, 2.05) is 6.92 Å². The normalized spacial score (nSPS) is 26.2. The first-order chi connectivity index (χ1) is 6.51. The van der Waals surface area contributed by atoms with Gasteiger partial charge in [0.05, 0.1) is 11.4 Å². The summed E-state index contributed by atoms with van der Waals surface area (Å²) in [6.45, 7) is 10.5. The van der Waals surface area contributed by atoms with Gasteiger partial charge in [-0.1, -0.05) is 19.1 Å². The van der Waals surface area contributed by atoms with Crippen molar-refractivity contribution in [2.75, 3.05) is 0 Å². The topological polar surface area (TPSA) is 24.4 Å². The zero-order valence-electron chi connectivity index (χ0n) is 9.81. The third-order valence-corrected chi connectivity index (χ3v) is 2.41. The molecule has 0 atom stereocenters. The number of amidine groups is 1. The Morgan fingerprint density at radius 3 is 2.57 bits per heavy atom. The Bertz CT molecular complexity index is 306. The van der Waals surface area contributed by atoms with Crippen LogP contribution in [0.3, 0.4) is 0 Å². The molecule has 0 fully saturated rings. The summed E-state index contributed by atoms with van der Waals surface area (Å²) < 4.78 is 0. The highest BCUT2D eigenvalue weighted by Gasteiger charge is 2.28. The fourth-order valence-corrected chi connectivity index (χ4v) is 1.97. The highest BCUT2D eigenvalue weighted by Crippen LogP contribution is 2.29. The molecule has 0 aliphatic carbocycles. The molecule has 1 heterocycles. The van der Waals surface area contributed by atoms with Crippen molar-refractivity contribution in [3.05, 3.63) is 23.4 Å². The second kappa shape index (κ2) is 3.99. The molecule has 1 N–H and O–H groups in total. The van der Waals surface area contributed by atoms with E-state index in [0.717, 1.165) is 12.3 Å². The van der Waals surface area contributed by atoms with Crippen LogP contribution in [-0.2, 0) is 0 Å². The van der Waals surface area contributed by atoms with Crippen molar-refractivity contribution in [2.24, 2.45) is 4.99 Å². The fourth-order valence-electron chi connectivity index (χ4n) is 1.97. The number of hydrogen-bond donors (Lipinski definition) is 1. The highest BCUT2D eigenvalue weighted by molar-refractivity contribution is 5.84. The maximum atomic E-state index is 4.60. The third kappa shape index (κ3) is 2.06. The van der Waals surface area contributed by atoms with Crippen molar-refractivity contribution in [1.29, 1.82) is 0 Å². The van der Waals surface area contributed by atoms with Crippen LogP contribution >= 0.6 is 0 Å². The van der Waals surface area contributed by atoms with Gasteiger partial charge in [0.1, 0.15) is 0 Å². The minimum atomic E-state index is -0.0922. The average molecular weight is 192 g/mol. The van der Waals surface area contributed by atoms with Crippen LogP contribution in [0.4, 0.5) is 0 Å². The maximum Gasteiger partial charge on any atom is 0.0986 e. The Morgan fingerprint density at radius 2 is 2.07 bits per heavy atom. The van der Waals surface area contributed by atoms with Crippen LogP contribution in [-0.4, -0.2) is 11.4 Å². The minimum absolute atomic E-state index is 0.0922. The van der Waals surface area contributed by atoms with Crippen LogP contribution in [0.2, 0.25) is 0 Å². The Balaban J connectivity index is 3.16. The van der Waals surface area contributed by atoms with Gasteiger partial charge in [-0.15, -0.1) is 0 Å². The van der Waals surface area contributed by atoms with Gasteiger partial charge in [0, 0.05) is 5.70 Å². The summed E-state index contributed by atoms with van der Waals surface area (Å²) in [7, 11) is 0. The molecule has 0 aromatic rings. The monoisotopic (exact) mass is 192 g/mol. The third-order valence-electron chi connectivity index (χ3n) is 2.41. The van der Waals surface area contributed by atoms with Gasteiger partial charge < -0.3 is 5.32 Å². The zero-order chi connectivity index (χ0) is 10.8. The minimum Gasteiger partial charge on any atom is -0.344 e. The molecule has 0 spiro atoms. The van der Waals surface area contributed by atoms with Gasteiger partial charge in [0.2, 0.25) is 0 Å². The molecule has 0 aromatic heterocycles. The van der Waals surface area contributed by atoms with Crippen molar-refractivity contribution in [3.63, 3.8) is 0 Å². The molecule has 0 saturated carbocycles. The van der Waals surface area contributed by atoms with Crippen LogP contribution < -0.4 is 5.32 Å². The van der Waals surface area contributed by atoms with Crippen LogP contribution in [0.1, 0.15) is 41.0 Å². The van der Waals surface area contributed by atoms with E-state index in [9.17, 15) is 0 Å². The van der Waals surface area contributed by atoms with E-state index in [4.69, 9.17) is 0 Å². The Hall–Kier alpha value is -1.05. The molecule has 2 heteroatoms. The first-order valence-electron chi connectivity index (χ1n) is 5.22. The molecule has 0 saturated heterocycles. The van der Waals surface area contributed by atoms with E-state index >= 15 is 0 Å². The first-order valence-corrected chi connectivity index (χ1v) is 5.22. The average Bonchev–Trinajstić information content (AvgIpc) is 2.01. The summed E-state index contributed by atoms with van der Waals surface area (Å²) in [6.07, 6.45) is 5.41. The van der Waals surface area contributed by atoms with Gasteiger partial charge in [0.25, 0.3) is 0 Å². The first kappa shape index (κ1) is 11.0. The highest BCUT2D eigenvalue weighted by atomic mass is 15.1. The lowest BCUT2D eigenvalue weighted by Gasteiger charge is -2.32. The quantitative estimate of drug-likeness (QED) is 0.678. The van der Waals surface area contributed by atoms with Gasteiger partial charge >= 0.3 is 0 Å². The number of hydrogen-bond acceptors (Lipinski definition) is 2. The van der Waals surface area contributed by atoms with E-state index in [1.54, 1.807) is 0 Å². The predicted molar refractivity (Wildman–Crippen MR) is 62.5 cm³/mol. The van der Waals surface area contributed by atoms with Crippen LogP contribution in [0, 0.1) is 0 Å². The summed E-state index contributed by atoms with van der Waals surface area (Å²) in [6, 6.07) is 0. The largest absolute Gasteiger partial charge is 0.344 e. The molecule has 1 aliphatic heterocycles. The molecule has 0 amide bonds. The summed E-state index contributed by atoms with van der Waals surface area (Å²) in [4.78, 5) is 4.60. The molecule has 0 aromatic carbocycles. The molecule has 1 rings (SSSR count). The van der Waals surface area contributed by atoms with Gasteiger partial charge in [0.15, 0.2) is 0 Å². The summed E-state index contributed by atoms with van der Waals surface area (Å²) >= 11 is 0. The molecule has 2 nitrogen and oxygen atoms in total. The molecular formula is C12H20N2. The maximum absolute atomic E-state index is 4.60. The summed E-state index contributed by atoms with van der Waals surface area (Å²) in [5, 5.41) is 3.32. The zero-order valence-corrected chi connectivity index (χ0v) is 9.81. The van der Waals surface area contributed by atoms with E-state index in [1.165, 1.54) is 11.3 Å². The van der Waals surface area contributed by atoms with E-state index in [2.05, 4.69) is 50.2 Å². The molecule has 78 valence electrons. The number of nitrogens with one attached hydrogen (secondary N) is 1. The van der Waals surface area contributed by atoms with E-state index < -0.39 is 0 Å². The lowest BCUT2D eigenvalue weighted by molar-refractivity contribution is 0.593. The molecule has 0 bridgehead atoms. The molecule has 0 unspecified atom stereocenters. The summed E-state index contributed by atoms with van der Waals surface area (Å²) in [5.74, 6) is 1.00. The Kier molecular flexibility index (Phi) is 3.14. The molecule has 0 radical (unpaired) electrons. The van der Waals surface area contributed by atoms with Crippen LogP contribution in [0.25, 0.3) is 0 Å². The number of rotatable bonds is 1. The van der Waals surface area contributed by atoms with Crippen molar-refractivity contribution in [3.8, 4) is 0 Å². The number of aliphatic imine (C=N–C) groups is 1.